The number of nitrogens with zero attached hydrogens (tertiary/aromatic N) is 1. The van der Waals surface area contributed by atoms with Gasteiger partial charge in [0.1, 0.15) is 18.1 Å². The van der Waals surface area contributed by atoms with Crippen molar-refractivity contribution in [3.05, 3.63) is 90.0 Å². The molecule has 0 aromatic heterocycles. The van der Waals surface area contributed by atoms with Gasteiger partial charge in [0, 0.05) is 25.3 Å². The highest BCUT2D eigenvalue weighted by Gasteiger charge is 2.18. The second-order valence-electron chi connectivity index (χ2n) is 8.71. The fourth-order valence-electron chi connectivity index (χ4n) is 3.94. The molecule has 0 heterocycles. The highest BCUT2D eigenvalue weighted by molar-refractivity contribution is 5.89. The molecule has 1 atom stereocenters. The lowest BCUT2D eigenvalue weighted by Gasteiger charge is -2.23. The summed E-state index contributed by atoms with van der Waals surface area (Å²) in [7, 11) is 1.60. The Kier molecular flexibility index (Phi) is 11.5. The van der Waals surface area contributed by atoms with Crippen LogP contribution in [0.1, 0.15) is 24.5 Å². The van der Waals surface area contributed by atoms with Crippen LogP contribution in [-0.2, 0) is 22.4 Å². The van der Waals surface area contributed by atoms with Gasteiger partial charge in [-0.2, -0.15) is 0 Å². The van der Waals surface area contributed by atoms with E-state index in [0.717, 1.165) is 24.2 Å². The second-order valence-corrected chi connectivity index (χ2v) is 8.71. The van der Waals surface area contributed by atoms with E-state index in [9.17, 15) is 14.7 Å². The van der Waals surface area contributed by atoms with Gasteiger partial charge in [0.05, 0.1) is 13.7 Å². The van der Waals surface area contributed by atoms with E-state index >= 15 is 0 Å². The number of methoxy groups -OCH3 is 1. The first-order valence-electron chi connectivity index (χ1n) is 12.8. The van der Waals surface area contributed by atoms with E-state index in [1.165, 1.54) is 5.56 Å². The molecule has 8 heteroatoms. The van der Waals surface area contributed by atoms with Gasteiger partial charge in [-0.3, -0.25) is 0 Å². The van der Waals surface area contributed by atoms with Crippen molar-refractivity contribution in [2.75, 3.05) is 38.7 Å². The lowest BCUT2D eigenvalue weighted by molar-refractivity contribution is -0.149. The molecule has 202 valence electrons. The number of anilines is 1. The molecule has 2 N–H and O–H groups in total. The molecule has 1 unspecified atom stereocenters. The quantitative estimate of drug-likeness (QED) is 0.283. The number of carboxylic acids is 1. The molecule has 0 aliphatic heterocycles. The van der Waals surface area contributed by atoms with Crippen LogP contribution in [0, 0.1) is 0 Å². The molecule has 0 saturated carbocycles. The van der Waals surface area contributed by atoms with Crippen molar-refractivity contribution < 1.29 is 28.9 Å². The summed E-state index contributed by atoms with van der Waals surface area (Å²) < 4.78 is 16.4. The predicted octanol–water partition coefficient (Wildman–Crippen LogP) is 5.27. The topological polar surface area (TPSA) is 97.3 Å². The van der Waals surface area contributed by atoms with Crippen LogP contribution in [0.2, 0.25) is 0 Å². The van der Waals surface area contributed by atoms with Crippen molar-refractivity contribution in [1.29, 1.82) is 0 Å². The normalized spacial score (nSPS) is 11.4. The number of hydrogen-bond acceptors (Lipinski definition) is 5. The number of aliphatic carboxylic acids is 1. The van der Waals surface area contributed by atoms with Gasteiger partial charge in [0.25, 0.3) is 0 Å². The Labute approximate surface area is 224 Å². The molecule has 0 saturated heterocycles. The third-order valence-corrected chi connectivity index (χ3v) is 5.98. The first-order valence-corrected chi connectivity index (χ1v) is 12.8. The summed E-state index contributed by atoms with van der Waals surface area (Å²) in [4.78, 5) is 26.2. The molecule has 0 radical (unpaired) electrons. The number of ether oxygens (including phenoxy) is 3. The lowest BCUT2D eigenvalue weighted by atomic mass is 10.1. The molecule has 3 rings (SSSR count). The molecule has 38 heavy (non-hydrogen) atoms. The Balaban J connectivity index is 1.55. The van der Waals surface area contributed by atoms with Crippen molar-refractivity contribution >= 4 is 17.7 Å². The number of carbonyl (C=O) groups excluding carboxylic acids is 1. The second kappa shape index (κ2) is 15.3. The highest BCUT2D eigenvalue weighted by Crippen LogP contribution is 2.17. The number of nitrogens with one attached hydrogen (secondary N) is 1. The molecule has 0 spiro atoms. The Morgan fingerprint density at radius 2 is 1.58 bits per heavy atom. The molecule has 0 aliphatic rings. The van der Waals surface area contributed by atoms with E-state index in [1.54, 1.807) is 55.3 Å². The van der Waals surface area contributed by atoms with Gasteiger partial charge in [0.15, 0.2) is 6.10 Å². The average molecular weight is 521 g/mol. The van der Waals surface area contributed by atoms with Gasteiger partial charge in [-0.15, -0.1) is 0 Å². The minimum absolute atomic E-state index is 0.196. The zero-order chi connectivity index (χ0) is 27.2. The van der Waals surface area contributed by atoms with Gasteiger partial charge >= 0.3 is 12.0 Å². The van der Waals surface area contributed by atoms with Crippen LogP contribution in [0.3, 0.4) is 0 Å². The van der Waals surface area contributed by atoms with Crippen molar-refractivity contribution in [3.63, 3.8) is 0 Å². The van der Waals surface area contributed by atoms with E-state index in [1.807, 2.05) is 30.3 Å². The van der Waals surface area contributed by atoms with Gasteiger partial charge in [-0.05, 0) is 67.3 Å². The van der Waals surface area contributed by atoms with Crippen LogP contribution in [0.4, 0.5) is 10.5 Å². The summed E-state index contributed by atoms with van der Waals surface area (Å²) in [5.41, 5.74) is 2.76. The number of benzene rings is 3. The molecule has 0 bridgehead atoms. The number of carbonyl (C=O) groups is 2. The fraction of sp³-hybridized carbons (Fsp3) is 0.333. The van der Waals surface area contributed by atoms with E-state index in [2.05, 4.69) is 17.4 Å². The third kappa shape index (κ3) is 9.44. The van der Waals surface area contributed by atoms with Gasteiger partial charge in [-0.25, -0.2) is 9.59 Å². The minimum Gasteiger partial charge on any atom is -0.497 e. The standard InChI is InChI=1S/C30H36N2O6/c1-3-37-28(29(33)34)22-24-11-15-27(16-12-24)38-21-20-32(19-7-10-23-8-5-4-6-9-23)30(35)31-25-13-17-26(36-2)18-14-25/h4-6,8-9,11-18,28H,3,7,10,19-22H2,1-2H3,(H,31,35)(H,33,34). The number of aryl methyl sites for hydroxylation is 1. The number of rotatable bonds is 15. The third-order valence-electron chi connectivity index (χ3n) is 5.98. The predicted molar refractivity (Wildman–Crippen MR) is 147 cm³/mol. The van der Waals surface area contributed by atoms with Crippen molar-refractivity contribution in [1.82, 2.24) is 4.90 Å². The van der Waals surface area contributed by atoms with E-state index in [-0.39, 0.29) is 12.5 Å². The van der Waals surface area contributed by atoms with Crippen LogP contribution >= 0.6 is 0 Å². The molecule has 3 aromatic rings. The van der Waals surface area contributed by atoms with Crippen LogP contribution in [-0.4, -0.2) is 61.5 Å². The SMILES string of the molecule is CCOC(Cc1ccc(OCCN(CCCc2ccccc2)C(=O)Nc2ccc(OC)cc2)cc1)C(=O)O. The van der Waals surface area contributed by atoms with Crippen molar-refractivity contribution in [3.8, 4) is 11.5 Å². The molecule has 8 nitrogen and oxygen atoms in total. The monoisotopic (exact) mass is 520 g/mol. The van der Waals surface area contributed by atoms with Gasteiger partial charge < -0.3 is 29.5 Å². The van der Waals surface area contributed by atoms with Crippen LogP contribution < -0.4 is 14.8 Å². The maximum absolute atomic E-state index is 13.1. The molecule has 2 amide bonds. The zero-order valence-electron chi connectivity index (χ0n) is 22.0. The fourth-order valence-corrected chi connectivity index (χ4v) is 3.94. The molecular weight excluding hydrogens is 484 g/mol. The molecule has 0 fully saturated rings. The summed E-state index contributed by atoms with van der Waals surface area (Å²) >= 11 is 0. The summed E-state index contributed by atoms with van der Waals surface area (Å²) in [6.07, 6.45) is 1.10. The maximum Gasteiger partial charge on any atom is 0.333 e. The van der Waals surface area contributed by atoms with E-state index in [0.29, 0.717) is 37.7 Å². The van der Waals surface area contributed by atoms with Gasteiger partial charge in [0.2, 0.25) is 0 Å². The maximum atomic E-state index is 13.1. The summed E-state index contributed by atoms with van der Waals surface area (Å²) in [6, 6.07) is 24.5. The minimum atomic E-state index is -0.979. The average Bonchev–Trinajstić information content (AvgIpc) is 2.93. The zero-order valence-corrected chi connectivity index (χ0v) is 22.0. The number of urea groups is 1. The lowest BCUT2D eigenvalue weighted by Crippen LogP contribution is -2.38. The Morgan fingerprint density at radius 3 is 2.21 bits per heavy atom. The Hall–Kier alpha value is -4.04. The summed E-state index contributed by atoms with van der Waals surface area (Å²) in [6.45, 7) is 3.41. The smallest absolute Gasteiger partial charge is 0.333 e. The van der Waals surface area contributed by atoms with Crippen LogP contribution in [0.5, 0.6) is 11.5 Å². The first-order chi connectivity index (χ1) is 18.5. The molecular formula is C30H36N2O6. The number of hydrogen-bond donors (Lipinski definition) is 2. The van der Waals surface area contributed by atoms with E-state index < -0.39 is 12.1 Å². The largest absolute Gasteiger partial charge is 0.497 e. The summed E-state index contributed by atoms with van der Waals surface area (Å²) in [5.74, 6) is 0.391. The number of amides is 2. The van der Waals surface area contributed by atoms with Crippen molar-refractivity contribution in [2.24, 2.45) is 0 Å². The molecule has 3 aromatic carbocycles. The van der Waals surface area contributed by atoms with Crippen LogP contribution in [0.15, 0.2) is 78.9 Å². The van der Waals surface area contributed by atoms with Gasteiger partial charge in [-0.1, -0.05) is 42.5 Å². The van der Waals surface area contributed by atoms with Crippen molar-refractivity contribution in [2.45, 2.75) is 32.3 Å². The first kappa shape index (κ1) is 28.5. The Morgan fingerprint density at radius 1 is 0.895 bits per heavy atom. The summed E-state index contributed by atoms with van der Waals surface area (Å²) in [5, 5.41) is 12.2. The molecule has 0 aliphatic carbocycles. The van der Waals surface area contributed by atoms with Crippen LogP contribution in [0.25, 0.3) is 0 Å². The highest BCUT2D eigenvalue weighted by atomic mass is 16.5. The van der Waals surface area contributed by atoms with E-state index in [4.69, 9.17) is 14.2 Å². The Bertz CT molecular complexity index is 1120. The number of carboxylic acid groups (broad SMARTS) is 1.